The number of hydrogen-bond acceptors (Lipinski definition) is 6. The normalized spacial score (nSPS) is 14.2. The Hall–Kier alpha value is -2.90. The lowest BCUT2D eigenvalue weighted by Gasteiger charge is -2.20. The van der Waals surface area contributed by atoms with Crippen LogP contribution in [0.5, 0.6) is 0 Å². The average molecular weight is 315 g/mol. The van der Waals surface area contributed by atoms with Crippen LogP contribution in [0.3, 0.4) is 0 Å². The zero-order valence-corrected chi connectivity index (χ0v) is 12.7. The van der Waals surface area contributed by atoms with Crippen molar-refractivity contribution in [2.75, 3.05) is 23.7 Å². The van der Waals surface area contributed by atoms with Crippen LogP contribution in [0.2, 0.25) is 0 Å². The van der Waals surface area contributed by atoms with Gasteiger partial charge in [0.25, 0.3) is 0 Å². The number of hydrogen-bond donors (Lipinski definition) is 2. The molecule has 0 radical (unpaired) electrons. The third-order valence-electron chi connectivity index (χ3n) is 4.01. The van der Waals surface area contributed by atoms with E-state index in [1.807, 2.05) is 18.2 Å². The molecule has 1 aromatic carbocycles. The van der Waals surface area contributed by atoms with E-state index >= 15 is 0 Å². The van der Waals surface area contributed by atoms with Crippen molar-refractivity contribution in [1.82, 2.24) is 9.97 Å². The van der Waals surface area contributed by atoms with E-state index in [2.05, 4.69) is 9.97 Å². The molecule has 8 heteroatoms. The quantitative estimate of drug-likeness (QED) is 0.488. The van der Waals surface area contributed by atoms with Crippen LogP contribution in [0.15, 0.2) is 23.0 Å². The Morgan fingerprint density at radius 3 is 2.70 bits per heavy atom. The van der Waals surface area contributed by atoms with E-state index in [0.717, 1.165) is 12.0 Å². The zero-order valence-electron chi connectivity index (χ0n) is 12.7. The first-order valence-electron chi connectivity index (χ1n) is 7.33. The number of benzene rings is 1. The first-order chi connectivity index (χ1) is 11.0. The number of fused-ring (bicyclic) bond motifs is 1. The lowest BCUT2D eigenvalue weighted by Crippen LogP contribution is -2.30. The molecule has 0 fully saturated rings. The summed E-state index contributed by atoms with van der Waals surface area (Å²) in [5, 5.41) is 11.2. The van der Waals surface area contributed by atoms with E-state index in [0.29, 0.717) is 31.0 Å². The van der Waals surface area contributed by atoms with Crippen LogP contribution in [0.4, 0.5) is 17.2 Å². The molecule has 2 aromatic rings. The summed E-state index contributed by atoms with van der Waals surface area (Å²) in [7, 11) is 0. The van der Waals surface area contributed by atoms with Crippen molar-refractivity contribution in [2.45, 2.75) is 19.8 Å². The van der Waals surface area contributed by atoms with E-state index in [9.17, 15) is 14.9 Å². The highest BCUT2D eigenvalue weighted by molar-refractivity contribution is 5.57. The Labute approximate surface area is 132 Å². The molecule has 1 aliphatic heterocycles. The molecule has 8 nitrogen and oxygen atoms in total. The summed E-state index contributed by atoms with van der Waals surface area (Å²) >= 11 is 0. The van der Waals surface area contributed by atoms with Gasteiger partial charge in [0.05, 0.1) is 4.92 Å². The number of anilines is 2. The summed E-state index contributed by atoms with van der Waals surface area (Å²) in [6, 6.07) is 5.77. The second kappa shape index (κ2) is 5.71. The third-order valence-corrected chi connectivity index (χ3v) is 4.01. The van der Waals surface area contributed by atoms with Crippen LogP contribution in [0, 0.1) is 17.0 Å². The fourth-order valence-electron chi connectivity index (χ4n) is 2.91. The van der Waals surface area contributed by atoms with Gasteiger partial charge >= 0.3 is 11.2 Å². The minimum Gasteiger partial charge on any atom is -0.399 e. The van der Waals surface area contributed by atoms with Crippen LogP contribution in [0.25, 0.3) is 0 Å². The molecule has 0 spiro atoms. The molecule has 1 aliphatic rings. The first kappa shape index (κ1) is 15.0. The predicted molar refractivity (Wildman–Crippen MR) is 86.7 cm³/mol. The third kappa shape index (κ3) is 2.87. The maximum atomic E-state index is 11.9. The van der Waals surface area contributed by atoms with Crippen molar-refractivity contribution in [3.63, 3.8) is 0 Å². The summed E-state index contributed by atoms with van der Waals surface area (Å²) in [4.78, 5) is 30.9. The van der Waals surface area contributed by atoms with Crippen molar-refractivity contribution in [2.24, 2.45) is 0 Å². The number of aromatic nitrogens is 2. The second-order valence-corrected chi connectivity index (χ2v) is 5.60. The largest absolute Gasteiger partial charge is 0.399 e. The summed E-state index contributed by atoms with van der Waals surface area (Å²) in [6.45, 7) is 2.72. The molecule has 2 heterocycles. The van der Waals surface area contributed by atoms with Crippen LogP contribution >= 0.6 is 0 Å². The van der Waals surface area contributed by atoms with Crippen molar-refractivity contribution in [1.29, 1.82) is 0 Å². The Morgan fingerprint density at radius 1 is 1.30 bits per heavy atom. The number of nitrogens with zero attached hydrogens (tertiary/aromatic N) is 3. The maximum Gasteiger partial charge on any atom is 0.375 e. The van der Waals surface area contributed by atoms with Gasteiger partial charge in [0.2, 0.25) is 5.82 Å². The van der Waals surface area contributed by atoms with Gasteiger partial charge in [-0.3, -0.25) is 14.9 Å². The van der Waals surface area contributed by atoms with Gasteiger partial charge in [-0.2, -0.15) is 0 Å². The molecule has 3 rings (SSSR count). The fourth-order valence-corrected chi connectivity index (χ4v) is 2.91. The highest BCUT2D eigenvalue weighted by atomic mass is 16.6. The number of nitro groups is 1. The van der Waals surface area contributed by atoms with Gasteiger partial charge in [0, 0.05) is 18.8 Å². The molecule has 0 aliphatic carbocycles. The van der Waals surface area contributed by atoms with E-state index in [-0.39, 0.29) is 5.82 Å². The van der Waals surface area contributed by atoms with Crippen molar-refractivity contribution in [3.05, 3.63) is 55.6 Å². The van der Waals surface area contributed by atoms with Gasteiger partial charge in [0.1, 0.15) is 5.82 Å². The number of rotatable bonds is 2. The topological polar surface area (TPSA) is 118 Å². The molecule has 0 saturated carbocycles. The second-order valence-electron chi connectivity index (χ2n) is 5.60. The van der Waals surface area contributed by atoms with Crippen LogP contribution in [0.1, 0.15) is 17.0 Å². The maximum absolute atomic E-state index is 11.9. The minimum atomic E-state index is -0.719. The monoisotopic (exact) mass is 315 g/mol. The summed E-state index contributed by atoms with van der Waals surface area (Å²) in [5.74, 6) is 0.499. The Morgan fingerprint density at radius 2 is 2.00 bits per heavy atom. The minimum absolute atomic E-state index is 0.136. The van der Waals surface area contributed by atoms with E-state index in [1.165, 1.54) is 5.56 Å². The molecule has 0 bridgehead atoms. The van der Waals surface area contributed by atoms with Gasteiger partial charge in [-0.25, -0.2) is 4.98 Å². The van der Waals surface area contributed by atoms with Crippen LogP contribution in [-0.4, -0.2) is 28.0 Å². The number of nitrogens with two attached hydrogens (primary N) is 1. The van der Waals surface area contributed by atoms with Crippen LogP contribution in [-0.2, 0) is 12.8 Å². The number of nitrogens with one attached hydrogen (secondary N) is 1. The van der Waals surface area contributed by atoms with E-state index < -0.39 is 16.2 Å². The molecular weight excluding hydrogens is 298 g/mol. The van der Waals surface area contributed by atoms with Crippen molar-refractivity contribution in [3.8, 4) is 0 Å². The van der Waals surface area contributed by atoms with Gasteiger partial charge in [-0.1, -0.05) is 6.07 Å². The van der Waals surface area contributed by atoms with Crippen molar-refractivity contribution < 1.29 is 4.92 Å². The molecule has 120 valence electrons. The molecule has 0 atom stereocenters. The summed E-state index contributed by atoms with van der Waals surface area (Å²) < 4.78 is 0. The number of aryl methyl sites for hydroxylation is 1. The smallest absolute Gasteiger partial charge is 0.375 e. The number of nitrogen functional groups attached to an aromatic ring is 1. The van der Waals surface area contributed by atoms with Gasteiger partial charge in [-0.05, 0) is 43.0 Å². The van der Waals surface area contributed by atoms with E-state index in [1.54, 1.807) is 11.8 Å². The number of H-pyrrole nitrogens is 1. The predicted octanol–water partition coefficient (Wildman–Crippen LogP) is 1.17. The highest BCUT2D eigenvalue weighted by Crippen LogP contribution is 2.26. The van der Waals surface area contributed by atoms with E-state index in [4.69, 9.17) is 5.73 Å². The zero-order chi connectivity index (χ0) is 16.6. The van der Waals surface area contributed by atoms with Crippen LogP contribution < -0.4 is 16.2 Å². The Bertz CT molecular complexity index is 830. The summed E-state index contributed by atoms with van der Waals surface area (Å²) in [5.41, 5.74) is 7.61. The van der Waals surface area contributed by atoms with Crippen molar-refractivity contribution >= 4 is 17.2 Å². The standard InChI is InChI=1S/C15H17N5O3/c1-9-17-14(13(20(22)23)15(21)18-9)19-6-4-10-2-3-12(16)8-11(10)5-7-19/h2-3,8H,4-7,16H2,1H3,(H,17,18,21). The van der Waals surface area contributed by atoms with Gasteiger partial charge in [-0.15, -0.1) is 0 Å². The molecule has 23 heavy (non-hydrogen) atoms. The average Bonchev–Trinajstić information content (AvgIpc) is 2.67. The van der Waals surface area contributed by atoms with Gasteiger partial charge in [0.15, 0.2) is 0 Å². The molecule has 1 aromatic heterocycles. The molecule has 0 amide bonds. The first-order valence-corrected chi connectivity index (χ1v) is 7.33. The molecule has 3 N–H and O–H groups in total. The Balaban J connectivity index is 1.98. The molecule has 0 saturated heterocycles. The summed E-state index contributed by atoms with van der Waals surface area (Å²) in [6.07, 6.45) is 1.42. The highest BCUT2D eigenvalue weighted by Gasteiger charge is 2.27. The lowest BCUT2D eigenvalue weighted by molar-refractivity contribution is -0.385. The molecular formula is C15H17N5O3. The SMILES string of the molecule is Cc1nc(N2CCc3ccc(N)cc3CC2)c([N+](=O)[O-])c(=O)[nH]1. The van der Waals surface area contributed by atoms with Gasteiger partial charge < -0.3 is 15.6 Å². The Kier molecular flexibility index (Phi) is 3.73. The lowest BCUT2D eigenvalue weighted by atomic mass is 10.0. The fraction of sp³-hybridized carbons (Fsp3) is 0.333. The number of aromatic amines is 1. The molecule has 0 unspecified atom stereocenters.